The number of halogens is 4. The van der Waals surface area contributed by atoms with Crippen molar-refractivity contribution in [2.45, 2.75) is 28.9 Å². The molecule has 0 aromatic carbocycles. The van der Waals surface area contributed by atoms with Crippen LogP contribution in [0.1, 0.15) is 19.8 Å². The van der Waals surface area contributed by atoms with Gasteiger partial charge in [0.15, 0.2) is 0 Å². The number of alkyl halides is 4. The fourth-order valence-corrected chi connectivity index (χ4v) is 0.963. The third kappa shape index (κ3) is 4.55. The Kier molecular flexibility index (Phi) is 4.66. The Morgan fingerprint density at radius 3 is 1.89 bits per heavy atom. The Balaban J connectivity index is 3.59. The van der Waals surface area contributed by atoms with E-state index in [0.29, 0.717) is 0 Å². The molecule has 0 aliphatic heterocycles. The van der Waals surface area contributed by atoms with E-state index in [-0.39, 0.29) is 5.38 Å². The standard InChI is InChI=1S/C5H8Cl4/c1-2-3-4(6)5(7,8)9/h4H,2-3H2,1H3. The van der Waals surface area contributed by atoms with Gasteiger partial charge >= 0.3 is 0 Å². The summed E-state index contributed by atoms with van der Waals surface area (Å²) in [5.74, 6) is 0. The summed E-state index contributed by atoms with van der Waals surface area (Å²) in [5, 5.41) is -0.368. The van der Waals surface area contributed by atoms with Crippen molar-refractivity contribution in [3.8, 4) is 0 Å². The Hall–Kier alpha value is 1.16. The van der Waals surface area contributed by atoms with Gasteiger partial charge in [0.2, 0.25) is 3.79 Å². The molecule has 0 aliphatic rings. The molecule has 0 aliphatic carbocycles. The zero-order chi connectivity index (χ0) is 7.49. The zero-order valence-corrected chi connectivity index (χ0v) is 8.03. The van der Waals surface area contributed by atoms with Crippen LogP contribution in [0.15, 0.2) is 0 Å². The minimum absolute atomic E-state index is 0.368. The summed E-state index contributed by atoms with van der Waals surface area (Å²) in [5.41, 5.74) is 0. The second-order valence-corrected chi connectivity index (χ2v) is 4.69. The molecule has 0 N–H and O–H groups in total. The van der Waals surface area contributed by atoms with Crippen molar-refractivity contribution in [1.82, 2.24) is 0 Å². The Morgan fingerprint density at radius 1 is 1.33 bits per heavy atom. The summed E-state index contributed by atoms with van der Waals surface area (Å²) in [6.45, 7) is 1.99. The number of hydrogen-bond donors (Lipinski definition) is 0. The van der Waals surface area contributed by atoms with E-state index in [2.05, 4.69) is 0 Å². The van der Waals surface area contributed by atoms with Crippen molar-refractivity contribution in [2.75, 3.05) is 0 Å². The van der Waals surface area contributed by atoms with Crippen molar-refractivity contribution in [2.24, 2.45) is 0 Å². The van der Waals surface area contributed by atoms with Gasteiger partial charge in [0.1, 0.15) is 0 Å². The lowest BCUT2D eigenvalue weighted by Crippen LogP contribution is -2.18. The van der Waals surface area contributed by atoms with E-state index >= 15 is 0 Å². The molecule has 0 saturated heterocycles. The van der Waals surface area contributed by atoms with Crippen molar-refractivity contribution in [3.63, 3.8) is 0 Å². The van der Waals surface area contributed by atoms with E-state index in [1.807, 2.05) is 6.92 Å². The molecule has 0 rings (SSSR count). The van der Waals surface area contributed by atoms with Gasteiger partial charge in [0, 0.05) is 0 Å². The summed E-state index contributed by atoms with van der Waals surface area (Å²) in [7, 11) is 0. The van der Waals surface area contributed by atoms with Gasteiger partial charge in [0.05, 0.1) is 5.38 Å². The summed E-state index contributed by atoms with van der Waals surface area (Å²) in [6.07, 6.45) is 1.67. The van der Waals surface area contributed by atoms with Gasteiger partial charge in [-0.25, -0.2) is 0 Å². The van der Waals surface area contributed by atoms with Crippen LogP contribution in [-0.2, 0) is 0 Å². The van der Waals surface area contributed by atoms with Gasteiger partial charge in [0.25, 0.3) is 0 Å². The van der Waals surface area contributed by atoms with Crippen molar-refractivity contribution in [3.05, 3.63) is 0 Å². The highest BCUT2D eigenvalue weighted by Gasteiger charge is 2.29. The molecule has 0 aromatic rings. The maximum Gasteiger partial charge on any atom is 0.206 e. The lowest BCUT2D eigenvalue weighted by Gasteiger charge is -2.16. The normalized spacial score (nSPS) is 15.7. The van der Waals surface area contributed by atoms with E-state index in [1.54, 1.807) is 0 Å². The Labute approximate surface area is 75.4 Å². The third-order valence-electron chi connectivity index (χ3n) is 0.897. The molecule has 9 heavy (non-hydrogen) atoms. The van der Waals surface area contributed by atoms with Crippen molar-refractivity contribution in [1.29, 1.82) is 0 Å². The summed E-state index contributed by atoms with van der Waals surface area (Å²) in [4.78, 5) is 0. The van der Waals surface area contributed by atoms with Gasteiger partial charge in [-0.3, -0.25) is 0 Å². The predicted octanol–water partition coefficient (Wildman–Crippen LogP) is 3.76. The molecule has 1 atom stereocenters. The number of hydrogen-bond acceptors (Lipinski definition) is 0. The Bertz CT molecular complexity index is 75.5. The van der Waals surface area contributed by atoms with E-state index in [0.717, 1.165) is 12.8 Å². The number of rotatable bonds is 2. The highest BCUT2D eigenvalue weighted by Crippen LogP contribution is 2.35. The quantitative estimate of drug-likeness (QED) is 0.608. The molecule has 0 heterocycles. The van der Waals surface area contributed by atoms with Crippen LogP contribution in [0, 0.1) is 0 Å². The van der Waals surface area contributed by atoms with E-state index in [9.17, 15) is 0 Å². The summed E-state index contributed by atoms with van der Waals surface area (Å²) in [6, 6.07) is 0. The molecule has 0 spiro atoms. The topological polar surface area (TPSA) is 0 Å². The molecule has 0 fully saturated rings. The minimum atomic E-state index is -1.31. The van der Waals surface area contributed by atoms with Crippen LogP contribution in [0.2, 0.25) is 0 Å². The van der Waals surface area contributed by atoms with E-state index in [4.69, 9.17) is 46.4 Å². The Morgan fingerprint density at radius 2 is 1.78 bits per heavy atom. The maximum atomic E-state index is 5.66. The zero-order valence-electron chi connectivity index (χ0n) is 5.00. The fraction of sp³-hybridized carbons (Fsp3) is 1.00. The van der Waals surface area contributed by atoms with E-state index < -0.39 is 3.79 Å². The first kappa shape index (κ1) is 10.2. The van der Waals surface area contributed by atoms with Crippen LogP contribution < -0.4 is 0 Å². The van der Waals surface area contributed by atoms with Gasteiger partial charge in [-0.1, -0.05) is 48.1 Å². The van der Waals surface area contributed by atoms with E-state index in [1.165, 1.54) is 0 Å². The highest BCUT2D eigenvalue weighted by atomic mass is 35.6. The first-order chi connectivity index (χ1) is 3.98. The maximum absolute atomic E-state index is 5.66. The molecule has 0 nitrogen and oxygen atoms in total. The van der Waals surface area contributed by atoms with Crippen LogP contribution in [0.4, 0.5) is 0 Å². The van der Waals surface area contributed by atoms with Crippen LogP contribution in [-0.4, -0.2) is 9.17 Å². The van der Waals surface area contributed by atoms with Gasteiger partial charge in [-0.2, -0.15) is 0 Å². The minimum Gasteiger partial charge on any atom is -0.118 e. The van der Waals surface area contributed by atoms with Gasteiger partial charge < -0.3 is 0 Å². The van der Waals surface area contributed by atoms with Gasteiger partial charge in [-0.15, -0.1) is 11.6 Å². The van der Waals surface area contributed by atoms with Crippen LogP contribution in [0.25, 0.3) is 0 Å². The average Bonchev–Trinajstić information content (AvgIpc) is 1.64. The second kappa shape index (κ2) is 4.12. The summed E-state index contributed by atoms with van der Waals surface area (Å²) >= 11 is 22.0. The smallest absolute Gasteiger partial charge is 0.118 e. The summed E-state index contributed by atoms with van der Waals surface area (Å²) < 4.78 is -1.31. The molecular weight excluding hydrogens is 202 g/mol. The first-order valence-electron chi connectivity index (χ1n) is 2.69. The van der Waals surface area contributed by atoms with Crippen LogP contribution in [0.5, 0.6) is 0 Å². The monoisotopic (exact) mass is 208 g/mol. The average molecular weight is 210 g/mol. The fourth-order valence-electron chi connectivity index (χ4n) is 0.417. The van der Waals surface area contributed by atoms with Crippen molar-refractivity contribution < 1.29 is 0 Å². The van der Waals surface area contributed by atoms with Crippen LogP contribution >= 0.6 is 46.4 Å². The lowest BCUT2D eigenvalue weighted by atomic mass is 10.3. The molecule has 56 valence electrons. The molecule has 0 bridgehead atoms. The molecule has 0 aromatic heterocycles. The molecule has 0 saturated carbocycles. The molecule has 0 radical (unpaired) electrons. The largest absolute Gasteiger partial charge is 0.206 e. The van der Waals surface area contributed by atoms with Crippen LogP contribution in [0.3, 0.4) is 0 Å². The highest BCUT2D eigenvalue weighted by molar-refractivity contribution is 6.70. The van der Waals surface area contributed by atoms with Gasteiger partial charge in [-0.05, 0) is 6.42 Å². The second-order valence-electron chi connectivity index (χ2n) is 1.80. The molecular formula is C5H8Cl4. The van der Waals surface area contributed by atoms with Crippen molar-refractivity contribution >= 4 is 46.4 Å². The molecule has 0 amide bonds. The lowest BCUT2D eigenvalue weighted by molar-refractivity contribution is 0.742. The SMILES string of the molecule is CCCC(Cl)C(Cl)(Cl)Cl. The first-order valence-corrected chi connectivity index (χ1v) is 4.26. The third-order valence-corrected chi connectivity index (χ3v) is 2.57. The molecule has 4 heteroatoms. The molecule has 1 unspecified atom stereocenters. The predicted molar refractivity (Wildman–Crippen MR) is 44.8 cm³/mol.